The summed E-state index contributed by atoms with van der Waals surface area (Å²) in [5, 5.41) is 9.74. The summed E-state index contributed by atoms with van der Waals surface area (Å²) in [4.78, 5) is 10.9. The molecule has 0 unspecified atom stereocenters. The van der Waals surface area contributed by atoms with Crippen molar-refractivity contribution in [2.75, 3.05) is 33.4 Å². The van der Waals surface area contributed by atoms with E-state index in [9.17, 15) is 5.11 Å². The molecule has 5 heteroatoms. The molecule has 19 heavy (non-hydrogen) atoms. The highest BCUT2D eigenvalue weighted by molar-refractivity contribution is 4.92. The zero-order valence-electron chi connectivity index (χ0n) is 11.6. The van der Waals surface area contributed by atoms with Gasteiger partial charge in [-0.25, -0.2) is 9.97 Å². The van der Waals surface area contributed by atoms with Gasteiger partial charge in [0.1, 0.15) is 5.82 Å². The summed E-state index contributed by atoms with van der Waals surface area (Å²) in [6.07, 6.45) is 6.63. The molecule has 0 amide bonds. The Hall–Kier alpha value is -1.04. The van der Waals surface area contributed by atoms with Gasteiger partial charge in [-0.3, -0.25) is 4.90 Å². The van der Waals surface area contributed by atoms with Crippen LogP contribution in [0.1, 0.15) is 25.1 Å². The minimum absolute atomic E-state index is 0.0248. The summed E-state index contributed by atoms with van der Waals surface area (Å²) in [6, 6.07) is 1.83. The van der Waals surface area contributed by atoms with E-state index in [1.54, 1.807) is 19.5 Å². The lowest BCUT2D eigenvalue weighted by Crippen LogP contribution is -2.45. The number of methoxy groups -OCH3 is 1. The summed E-state index contributed by atoms with van der Waals surface area (Å²) in [5.41, 5.74) is -0.0248. The SMILES string of the molecule is COCC[C@@]1(CO)CCCN(Cc2ncccn2)C1. The van der Waals surface area contributed by atoms with E-state index in [2.05, 4.69) is 14.9 Å². The van der Waals surface area contributed by atoms with Crippen LogP contribution in [-0.2, 0) is 11.3 Å². The lowest BCUT2D eigenvalue weighted by atomic mass is 9.78. The van der Waals surface area contributed by atoms with Crippen LogP contribution in [0.25, 0.3) is 0 Å². The second-order valence-electron chi connectivity index (χ2n) is 5.38. The molecule has 1 fully saturated rings. The van der Waals surface area contributed by atoms with Crippen LogP contribution < -0.4 is 0 Å². The zero-order valence-corrected chi connectivity index (χ0v) is 11.6. The molecule has 0 saturated carbocycles. The Kier molecular flexibility index (Phi) is 5.24. The second kappa shape index (κ2) is 6.93. The van der Waals surface area contributed by atoms with E-state index >= 15 is 0 Å². The third kappa shape index (κ3) is 3.96. The van der Waals surface area contributed by atoms with Crippen LogP contribution in [0.5, 0.6) is 0 Å². The van der Waals surface area contributed by atoms with Gasteiger partial charge < -0.3 is 9.84 Å². The minimum Gasteiger partial charge on any atom is -0.396 e. The summed E-state index contributed by atoms with van der Waals surface area (Å²) < 4.78 is 5.17. The van der Waals surface area contributed by atoms with Crippen LogP contribution in [0.15, 0.2) is 18.5 Å². The molecular formula is C14H23N3O2. The van der Waals surface area contributed by atoms with Crippen molar-refractivity contribution in [2.45, 2.75) is 25.8 Å². The Morgan fingerprint density at radius 3 is 2.89 bits per heavy atom. The first-order valence-electron chi connectivity index (χ1n) is 6.86. The summed E-state index contributed by atoms with van der Waals surface area (Å²) in [6.45, 7) is 3.63. The van der Waals surface area contributed by atoms with Crippen LogP contribution in [0, 0.1) is 5.41 Å². The molecule has 1 aromatic heterocycles. The average Bonchev–Trinajstić information content (AvgIpc) is 2.46. The quantitative estimate of drug-likeness (QED) is 0.834. The second-order valence-corrected chi connectivity index (χ2v) is 5.38. The third-order valence-electron chi connectivity index (χ3n) is 3.90. The van der Waals surface area contributed by atoms with Gasteiger partial charge in [0.25, 0.3) is 0 Å². The number of hydrogen-bond acceptors (Lipinski definition) is 5. The summed E-state index contributed by atoms with van der Waals surface area (Å²) in [7, 11) is 1.71. The molecule has 2 heterocycles. The van der Waals surface area contributed by atoms with E-state index < -0.39 is 0 Å². The predicted octanol–water partition coefficient (Wildman–Crippen LogP) is 1.09. The Morgan fingerprint density at radius 2 is 2.21 bits per heavy atom. The molecule has 0 aliphatic carbocycles. The Morgan fingerprint density at radius 1 is 1.42 bits per heavy atom. The van der Waals surface area contributed by atoms with E-state index in [0.29, 0.717) is 6.61 Å². The van der Waals surface area contributed by atoms with Crippen LogP contribution in [-0.4, -0.2) is 53.4 Å². The van der Waals surface area contributed by atoms with Crippen LogP contribution in [0.4, 0.5) is 0 Å². The molecule has 5 nitrogen and oxygen atoms in total. The van der Waals surface area contributed by atoms with Crippen molar-refractivity contribution >= 4 is 0 Å². The fraction of sp³-hybridized carbons (Fsp3) is 0.714. The van der Waals surface area contributed by atoms with Crippen molar-refractivity contribution < 1.29 is 9.84 Å². The molecule has 0 radical (unpaired) electrons. The van der Waals surface area contributed by atoms with Gasteiger partial charge in [-0.05, 0) is 31.9 Å². The number of piperidine rings is 1. The molecule has 106 valence electrons. The lowest BCUT2D eigenvalue weighted by molar-refractivity contribution is 0.00396. The van der Waals surface area contributed by atoms with Crippen molar-refractivity contribution in [1.29, 1.82) is 0 Å². The summed E-state index contributed by atoms with van der Waals surface area (Å²) >= 11 is 0. The van der Waals surface area contributed by atoms with E-state index in [4.69, 9.17) is 4.74 Å². The van der Waals surface area contributed by atoms with Gasteiger partial charge in [0, 0.05) is 38.1 Å². The molecule has 1 aliphatic heterocycles. The number of aromatic nitrogens is 2. The van der Waals surface area contributed by atoms with Gasteiger partial charge in [-0.2, -0.15) is 0 Å². The number of aliphatic hydroxyl groups excluding tert-OH is 1. The third-order valence-corrected chi connectivity index (χ3v) is 3.90. The first-order chi connectivity index (χ1) is 9.28. The highest BCUT2D eigenvalue weighted by Crippen LogP contribution is 2.33. The molecule has 0 bridgehead atoms. The maximum absolute atomic E-state index is 9.74. The Bertz CT molecular complexity index is 374. The largest absolute Gasteiger partial charge is 0.396 e. The number of hydrogen-bond donors (Lipinski definition) is 1. The summed E-state index contributed by atoms with van der Waals surface area (Å²) in [5.74, 6) is 0.850. The Balaban J connectivity index is 1.95. The highest BCUT2D eigenvalue weighted by Gasteiger charge is 2.34. The highest BCUT2D eigenvalue weighted by atomic mass is 16.5. The van der Waals surface area contributed by atoms with Gasteiger partial charge in [-0.15, -0.1) is 0 Å². The molecule has 1 saturated heterocycles. The fourth-order valence-electron chi connectivity index (χ4n) is 2.79. The molecule has 1 N–H and O–H groups in total. The fourth-order valence-corrected chi connectivity index (χ4v) is 2.79. The standard InChI is InChI=1S/C14H23N3O2/c1-19-9-5-14(12-18)4-2-8-17(11-14)10-13-15-6-3-7-16-13/h3,6-7,18H,2,4-5,8-12H2,1H3/t14-/m0/s1. The van der Waals surface area contributed by atoms with E-state index in [1.165, 1.54) is 0 Å². The number of likely N-dealkylation sites (tertiary alicyclic amines) is 1. The number of rotatable bonds is 6. The molecule has 1 aromatic rings. The normalized spacial score (nSPS) is 24.5. The van der Waals surface area contributed by atoms with Crippen LogP contribution in [0.3, 0.4) is 0 Å². The van der Waals surface area contributed by atoms with Gasteiger partial charge >= 0.3 is 0 Å². The molecule has 0 aromatic carbocycles. The Labute approximate surface area is 114 Å². The van der Waals surface area contributed by atoms with Crippen molar-refractivity contribution in [3.63, 3.8) is 0 Å². The maximum atomic E-state index is 9.74. The molecular weight excluding hydrogens is 242 g/mol. The topological polar surface area (TPSA) is 58.5 Å². The average molecular weight is 265 g/mol. The smallest absolute Gasteiger partial charge is 0.142 e. The zero-order chi connectivity index (χ0) is 13.6. The van der Waals surface area contributed by atoms with Crippen molar-refractivity contribution in [3.05, 3.63) is 24.3 Å². The lowest BCUT2D eigenvalue weighted by Gasteiger charge is -2.41. The van der Waals surface area contributed by atoms with E-state index in [0.717, 1.165) is 44.7 Å². The van der Waals surface area contributed by atoms with Crippen LogP contribution in [0.2, 0.25) is 0 Å². The van der Waals surface area contributed by atoms with Crippen molar-refractivity contribution in [1.82, 2.24) is 14.9 Å². The monoisotopic (exact) mass is 265 g/mol. The van der Waals surface area contributed by atoms with Crippen LogP contribution >= 0.6 is 0 Å². The molecule has 1 atom stereocenters. The maximum Gasteiger partial charge on any atom is 0.142 e. The van der Waals surface area contributed by atoms with E-state index in [1.807, 2.05) is 6.07 Å². The number of aliphatic hydroxyl groups is 1. The van der Waals surface area contributed by atoms with Gasteiger partial charge in [0.2, 0.25) is 0 Å². The number of ether oxygens (including phenoxy) is 1. The van der Waals surface area contributed by atoms with Crippen molar-refractivity contribution in [3.8, 4) is 0 Å². The number of nitrogens with zero attached hydrogens (tertiary/aromatic N) is 3. The molecule has 2 rings (SSSR count). The van der Waals surface area contributed by atoms with Crippen molar-refractivity contribution in [2.24, 2.45) is 5.41 Å². The first-order valence-corrected chi connectivity index (χ1v) is 6.86. The molecule has 0 spiro atoms. The molecule has 1 aliphatic rings. The first kappa shape index (κ1) is 14.4. The predicted molar refractivity (Wildman–Crippen MR) is 72.6 cm³/mol. The van der Waals surface area contributed by atoms with Gasteiger partial charge in [0.15, 0.2) is 0 Å². The minimum atomic E-state index is -0.0248. The van der Waals surface area contributed by atoms with Gasteiger partial charge in [-0.1, -0.05) is 0 Å². The van der Waals surface area contributed by atoms with E-state index in [-0.39, 0.29) is 12.0 Å². The van der Waals surface area contributed by atoms with Gasteiger partial charge in [0.05, 0.1) is 13.2 Å².